The number of carbonyl (C=O) groups is 1. The Morgan fingerprint density at radius 3 is 2.48 bits per heavy atom. The van der Waals surface area contributed by atoms with Crippen molar-refractivity contribution in [3.63, 3.8) is 0 Å². The Hall–Kier alpha value is -3.24. The van der Waals surface area contributed by atoms with Crippen molar-refractivity contribution in [1.82, 2.24) is 5.01 Å². The normalized spacial score (nSPS) is 17.5. The van der Waals surface area contributed by atoms with Gasteiger partial charge in [0.2, 0.25) is 0 Å². The Kier molecular flexibility index (Phi) is 4.81. The molecule has 29 heavy (non-hydrogen) atoms. The van der Waals surface area contributed by atoms with Crippen molar-refractivity contribution in [2.24, 2.45) is 10.1 Å². The summed E-state index contributed by atoms with van der Waals surface area (Å²) in [5.74, 6) is -0.455. The summed E-state index contributed by atoms with van der Waals surface area (Å²) < 4.78 is 29.9. The zero-order valence-corrected chi connectivity index (χ0v) is 16.7. The summed E-state index contributed by atoms with van der Waals surface area (Å²) in [7, 11) is -3.94. The molecule has 0 spiro atoms. The quantitative estimate of drug-likeness (QED) is 0.594. The fourth-order valence-electron chi connectivity index (χ4n) is 2.60. The van der Waals surface area contributed by atoms with E-state index in [0.29, 0.717) is 10.7 Å². The van der Waals surface area contributed by atoms with Crippen molar-refractivity contribution in [3.8, 4) is 5.75 Å². The monoisotopic (exact) mass is 426 g/mol. The minimum atomic E-state index is -3.94. The van der Waals surface area contributed by atoms with Gasteiger partial charge in [-0.25, -0.2) is 0 Å². The number of carbonyl (C=O) groups excluding carboxylic acids is 1. The Morgan fingerprint density at radius 2 is 1.79 bits per heavy atom. The van der Waals surface area contributed by atoms with Gasteiger partial charge in [0.05, 0.1) is 11.1 Å². The molecule has 0 saturated carbocycles. The second-order valence-corrected chi connectivity index (χ2v) is 8.53. The zero-order chi connectivity index (χ0) is 20.6. The maximum Gasteiger partial charge on any atom is 0.339 e. The highest BCUT2D eigenvalue weighted by Gasteiger charge is 2.32. The lowest BCUT2D eigenvalue weighted by Crippen LogP contribution is -2.35. The third-order valence-corrected chi connectivity index (χ3v) is 6.04. The summed E-state index contributed by atoms with van der Waals surface area (Å²) in [6.07, 6.45) is 1.50. The van der Waals surface area contributed by atoms with E-state index in [-0.39, 0.29) is 22.1 Å². The van der Waals surface area contributed by atoms with Gasteiger partial charge in [0.1, 0.15) is 10.6 Å². The Balaban J connectivity index is 1.55. The van der Waals surface area contributed by atoms with Crippen LogP contribution >= 0.6 is 11.8 Å². The molecule has 0 bridgehead atoms. The Morgan fingerprint density at radius 1 is 1.10 bits per heavy atom. The van der Waals surface area contributed by atoms with Gasteiger partial charge in [0.15, 0.2) is 11.0 Å². The molecule has 2 aromatic rings. The molecule has 4 rings (SSSR count). The number of benzene rings is 2. The average Bonchev–Trinajstić information content (AvgIpc) is 3.15. The number of nitrogens with zero attached hydrogens (tertiary/aromatic N) is 3. The van der Waals surface area contributed by atoms with Crippen molar-refractivity contribution in [3.05, 3.63) is 65.2 Å². The lowest BCUT2D eigenvalue weighted by molar-refractivity contribution is -0.114. The third kappa shape index (κ3) is 3.84. The summed E-state index contributed by atoms with van der Waals surface area (Å²) in [6.45, 7) is 1.86. The number of hydrogen-bond donors (Lipinski definition) is 1. The molecule has 1 amide bonds. The van der Waals surface area contributed by atoms with E-state index in [1.54, 1.807) is 24.3 Å². The van der Waals surface area contributed by atoms with Crippen LogP contribution in [0.5, 0.6) is 5.75 Å². The summed E-state index contributed by atoms with van der Waals surface area (Å²) in [4.78, 5) is 16.2. The average molecular weight is 426 g/mol. The predicted octanol–water partition coefficient (Wildman–Crippen LogP) is 3.01. The van der Waals surface area contributed by atoms with Crippen LogP contribution in [0.15, 0.2) is 69.1 Å². The molecular weight excluding hydrogens is 412 g/mol. The number of fused-ring (bicyclic) bond motifs is 1. The van der Waals surface area contributed by atoms with Crippen LogP contribution in [0.4, 0.5) is 0 Å². The standard InChI is InChI=1S/C19H14N4O4S2/c1-12-2-8-15(9-3-12)29(25,26)27-14-6-4-13(5-7-14)10-16-17(20)23-19(22-18(16)24)28-11-21-23/h2-11,20H,1H3. The molecule has 2 aliphatic rings. The molecule has 10 heteroatoms. The molecule has 146 valence electrons. The first kappa shape index (κ1) is 19.1. The van der Waals surface area contributed by atoms with Gasteiger partial charge in [-0.3, -0.25) is 10.2 Å². The van der Waals surface area contributed by atoms with Crippen molar-refractivity contribution >= 4 is 50.4 Å². The second-order valence-electron chi connectivity index (χ2n) is 6.18. The third-order valence-electron chi connectivity index (χ3n) is 4.10. The second kappa shape index (κ2) is 7.30. The molecule has 0 fully saturated rings. The van der Waals surface area contributed by atoms with E-state index in [9.17, 15) is 13.2 Å². The van der Waals surface area contributed by atoms with Gasteiger partial charge >= 0.3 is 10.1 Å². The van der Waals surface area contributed by atoms with Gasteiger partial charge in [0.25, 0.3) is 5.91 Å². The van der Waals surface area contributed by atoms with E-state index in [4.69, 9.17) is 9.59 Å². The van der Waals surface area contributed by atoms with Crippen molar-refractivity contribution in [2.75, 3.05) is 0 Å². The van der Waals surface area contributed by atoms with Gasteiger partial charge in [-0.15, -0.1) is 0 Å². The highest BCUT2D eigenvalue weighted by atomic mass is 32.2. The molecule has 0 unspecified atom stereocenters. The van der Waals surface area contributed by atoms with Crippen LogP contribution in [-0.2, 0) is 14.9 Å². The molecule has 0 aliphatic carbocycles. The SMILES string of the molecule is Cc1ccc(S(=O)(=O)Oc2ccc(C=C3C(=N)N4N=CSC4=NC3=O)cc2)cc1. The maximum atomic E-state index is 12.4. The van der Waals surface area contributed by atoms with Crippen LogP contribution in [-0.4, -0.2) is 35.9 Å². The number of amidine groups is 2. The first-order chi connectivity index (χ1) is 13.8. The Labute approximate surface area is 171 Å². The Bertz CT molecular complexity index is 1200. The number of aryl methyl sites for hydroxylation is 1. The van der Waals surface area contributed by atoms with Crippen LogP contribution in [0.1, 0.15) is 11.1 Å². The molecule has 1 N–H and O–H groups in total. The molecule has 8 nitrogen and oxygen atoms in total. The summed E-state index contributed by atoms with van der Waals surface area (Å²) in [5.41, 5.74) is 3.13. The highest BCUT2D eigenvalue weighted by molar-refractivity contribution is 8.25. The predicted molar refractivity (Wildman–Crippen MR) is 112 cm³/mol. The number of thioether (sulfide) groups is 1. The number of nitrogens with one attached hydrogen (secondary N) is 1. The molecule has 0 atom stereocenters. The fourth-order valence-corrected chi connectivity index (χ4v) is 4.14. The largest absolute Gasteiger partial charge is 0.379 e. The number of amides is 1. The maximum absolute atomic E-state index is 12.4. The van der Waals surface area contributed by atoms with E-state index in [2.05, 4.69) is 10.1 Å². The van der Waals surface area contributed by atoms with E-state index >= 15 is 0 Å². The molecule has 2 heterocycles. The molecular formula is C19H14N4O4S2. The van der Waals surface area contributed by atoms with Crippen molar-refractivity contribution in [2.45, 2.75) is 11.8 Å². The lowest BCUT2D eigenvalue weighted by Gasteiger charge is -2.20. The van der Waals surface area contributed by atoms with E-state index in [0.717, 1.165) is 5.56 Å². The minimum Gasteiger partial charge on any atom is -0.379 e. The van der Waals surface area contributed by atoms with Gasteiger partial charge in [-0.2, -0.15) is 23.5 Å². The van der Waals surface area contributed by atoms with Crippen LogP contribution in [0.2, 0.25) is 0 Å². The molecule has 0 aromatic heterocycles. The summed E-state index contributed by atoms with van der Waals surface area (Å²) in [6, 6.07) is 12.5. The first-order valence-corrected chi connectivity index (χ1v) is 10.7. The van der Waals surface area contributed by atoms with Crippen LogP contribution in [0.25, 0.3) is 6.08 Å². The first-order valence-electron chi connectivity index (χ1n) is 8.37. The van der Waals surface area contributed by atoms with Crippen LogP contribution in [0.3, 0.4) is 0 Å². The molecule has 0 radical (unpaired) electrons. The van der Waals surface area contributed by atoms with Gasteiger partial charge in [-0.1, -0.05) is 29.8 Å². The fraction of sp³-hybridized carbons (Fsp3) is 0.0526. The lowest BCUT2D eigenvalue weighted by atomic mass is 10.1. The number of hydrazone groups is 1. The molecule has 2 aromatic carbocycles. The van der Waals surface area contributed by atoms with Crippen molar-refractivity contribution in [1.29, 1.82) is 5.41 Å². The van der Waals surface area contributed by atoms with Crippen LogP contribution in [0, 0.1) is 12.3 Å². The van der Waals surface area contributed by atoms with Gasteiger partial charge in [0, 0.05) is 0 Å². The van der Waals surface area contributed by atoms with Crippen molar-refractivity contribution < 1.29 is 17.4 Å². The topological polar surface area (TPSA) is 112 Å². The smallest absolute Gasteiger partial charge is 0.339 e. The van der Waals surface area contributed by atoms with E-state index < -0.39 is 16.0 Å². The molecule has 2 aliphatic heterocycles. The molecule has 0 saturated heterocycles. The summed E-state index contributed by atoms with van der Waals surface area (Å²) in [5, 5.41) is 13.8. The van der Waals surface area contributed by atoms with Crippen LogP contribution < -0.4 is 4.18 Å². The zero-order valence-electron chi connectivity index (χ0n) is 15.1. The minimum absolute atomic E-state index is 0.0632. The highest BCUT2D eigenvalue weighted by Crippen LogP contribution is 2.26. The van der Waals surface area contributed by atoms with Gasteiger partial charge in [-0.05, 0) is 54.6 Å². The number of rotatable bonds is 4. The number of hydrogen-bond acceptors (Lipinski definition) is 7. The number of aliphatic imine (C=N–C) groups is 1. The van der Waals surface area contributed by atoms with E-state index in [1.807, 2.05) is 6.92 Å². The summed E-state index contributed by atoms with van der Waals surface area (Å²) >= 11 is 1.17. The van der Waals surface area contributed by atoms with Gasteiger partial charge < -0.3 is 4.18 Å². The van der Waals surface area contributed by atoms with E-state index in [1.165, 1.54) is 52.7 Å².